The Kier molecular flexibility index (Phi) is 1.70. The molecule has 0 unspecified atom stereocenters. The predicted molar refractivity (Wildman–Crippen MR) is 62.0 cm³/mol. The third-order valence-corrected chi connectivity index (χ3v) is 3.69. The molecule has 2 nitrogen and oxygen atoms in total. The van der Waals surface area contributed by atoms with E-state index in [-0.39, 0.29) is 0 Å². The Balaban J connectivity index is 2.29. The highest BCUT2D eigenvalue weighted by molar-refractivity contribution is 5.76. The molecule has 1 aliphatic carbocycles. The van der Waals surface area contributed by atoms with Crippen molar-refractivity contribution in [3.05, 3.63) is 30.1 Å². The van der Waals surface area contributed by atoms with Crippen LogP contribution in [-0.4, -0.2) is 9.55 Å². The molecule has 1 fully saturated rings. The molecule has 1 aromatic carbocycles. The van der Waals surface area contributed by atoms with Gasteiger partial charge in [0.1, 0.15) is 5.82 Å². The smallest absolute Gasteiger partial charge is 0.107 e. The van der Waals surface area contributed by atoms with Gasteiger partial charge in [0.15, 0.2) is 0 Å². The Morgan fingerprint density at radius 1 is 1.33 bits per heavy atom. The average molecular weight is 200 g/mol. The molecule has 0 aliphatic heterocycles. The van der Waals surface area contributed by atoms with Crippen LogP contribution in [-0.2, 0) is 5.54 Å². The SMILES string of the molecule is CCC1(n2c(C)nc3ccccc32)CC1. The molecule has 0 saturated heterocycles. The number of benzene rings is 1. The summed E-state index contributed by atoms with van der Waals surface area (Å²) >= 11 is 0. The summed E-state index contributed by atoms with van der Waals surface area (Å²) in [7, 11) is 0. The van der Waals surface area contributed by atoms with E-state index < -0.39 is 0 Å². The standard InChI is InChI=1S/C13H16N2/c1-3-13(8-9-13)15-10(2)14-11-6-4-5-7-12(11)15/h4-7H,3,8-9H2,1-2H3. The summed E-state index contributed by atoms with van der Waals surface area (Å²) in [4.78, 5) is 4.63. The first kappa shape index (κ1) is 8.96. The summed E-state index contributed by atoms with van der Waals surface area (Å²) in [5.41, 5.74) is 2.82. The molecule has 3 rings (SSSR count). The normalized spacial score (nSPS) is 18.3. The van der Waals surface area contributed by atoms with Crippen LogP contribution >= 0.6 is 0 Å². The van der Waals surface area contributed by atoms with E-state index in [4.69, 9.17) is 0 Å². The molecule has 1 aromatic heterocycles. The lowest BCUT2D eigenvalue weighted by molar-refractivity contribution is 0.467. The lowest BCUT2D eigenvalue weighted by Crippen LogP contribution is -2.16. The summed E-state index contributed by atoms with van der Waals surface area (Å²) < 4.78 is 2.45. The molecule has 1 heterocycles. The lowest BCUT2D eigenvalue weighted by Gasteiger charge is -2.17. The summed E-state index contributed by atoms with van der Waals surface area (Å²) in [6.07, 6.45) is 3.84. The van der Waals surface area contributed by atoms with Gasteiger partial charge in [0.05, 0.1) is 11.0 Å². The second kappa shape index (κ2) is 2.84. The Hall–Kier alpha value is -1.31. The van der Waals surface area contributed by atoms with E-state index in [2.05, 4.69) is 47.7 Å². The molecule has 2 heteroatoms. The molecule has 1 saturated carbocycles. The van der Waals surface area contributed by atoms with Gasteiger partial charge in [0, 0.05) is 5.54 Å². The highest BCUT2D eigenvalue weighted by Gasteiger charge is 2.44. The molecule has 0 atom stereocenters. The molecule has 78 valence electrons. The zero-order valence-corrected chi connectivity index (χ0v) is 9.33. The third-order valence-electron chi connectivity index (χ3n) is 3.69. The number of para-hydroxylation sites is 2. The van der Waals surface area contributed by atoms with Crippen molar-refractivity contribution in [1.82, 2.24) is 9.55 Å². The van der Waals surface area contributed by atoms with Crippen LogP contribution in [0, 0.1) is 6.92 Å². The van der Waals surface area contributed by atoms with Gasteiger partial charge >= 0.3 is 0 Å². The van der Waals surface area contributed by atoms with Crippen LogP contribution in [0.1, 0.15) is 32.0 Å². The van der Waals surface area contributed by atoms with Crippen LogP contribution in [0.5, 0.6) is 0 Å². The number of imidazole rings is 1. The maximum Gasteiger partial charge on any atom is 0.107 e. The van der Waals surface area contributed by atoms with Gasteiger partial charge in [-0.3, -0.25) is 0 Å². The van der Waals surface area contributed by atoms with Gasteiger partial charge in [-0.25, -0.2) is 4.98 Å². The first-order valence-electron chi connectivity index (χ1n) is 5.71. The predicted octanol–water partition coefficient (Wildman–Crippen LogP) is 3.24. The molecule has 0 N–H and O–H groups in total. The number of hydrogen-bond acceptors (Lipinski definition) is 1. The molecule has 1 aliphatic rings. The topological polar surface area (TPSA) is 17.8 Å². The second-order valence-electron chi connectivity index (χ2n) is 4.56. The van der Waals surface area contributed by atoms with Gasteiger partial charge in [-0.15, -0.1) is 0 Å². The molecular weight excluding hydrogens is 184 g/mol. The summed E-state index contributed by atoms with van der Waals surface area (Å²) in [6, 6.07) is 8.45. The summed E-state index contributed by atoms with van der Waals surface area (Å²) in [6.45, 7) is 4.40. The van der Waals surface area contributed by atoms with Crippen LogP contribution in [0.2, 0.25) is 0 Å². The van der Waals surface area contributed by atoms with E-state index in [1.165, 1.54) is 24.8 Å². The maximum absolute atomic E-state index is 4.63. The van der Waals surface area contributed by atoms with Gasteiger partial charge in [0.2, 0.25) is 0 Å². The first-order valence-corrected chi connectivity index (χ1v) is 5.71. The molecular formula is C13H16N2. The monoisotopic (exact) mass is 200 g/mol. The van der Waals surface area contributed by atoms with Gasteiger partial charge in [-0.1, -0.05) is 19.1 Å². The Morgan fingerprint density at radius 2 is 2.07 bits per heavy atom. The molecule has 0 amide bonds. The summed E-state index contributed by atoms with van der Waals surface area (Å²) in [5.74, 6) is 1.16. The number of aryl methyl sites for hydroxylation is 1. The fourth-order valence-corrected chi connectivity index (χ4v) is 2.62. The molecule has 0 bridgehead atoms. The van der Waals surface area contributed by atoms with E-state index in [1.54, 1.807) is 0 Å². The van der Waals surface area contributed by atoms with Crippen molar-refractivity contribution in [3.8, 4) is 0 Å². The Labute approximate surface area is 89.9 Å². The minimum atomic E-state index is 0.389. The van der Waals surface area contributed by atoms with Crippen LogP contribution in [0.15, 0.2) is 24.3 Å². The Bertz CT molecular complexity index is 506. The third kappa shape index (κ3) is 1.14. The van der Waals surface area contributed by atoms with Crippen LogP contribution < -0.4 is 0 Å². The van der Waals surface area contributed by atoms with Crippen LogP contribution in [0.25, 0.3) is 11.0 Å². The van der Waals surface area contributed by atoms with Crippen molar-refractivity contribution in [2.45, 2.75) is 38.6 Å². The van der Waals surface area contributed by atoms with E-state index >= 15 is 0 Å². The quantitative estimate of drug-likeness (QED) is 0.727. The van der Waals surface area contributed by atoms with E-state index in [0.29, 0.717) is 5.54 Å². The molecule has 0 radical (unpaired) electrons. The van der Waals surface area contributed by atoms with E-state index in [1.807, 2.05) is 0 Å². The summed E-state index contributed by atoms with van der Waals surface area (Å²) in [5, 5.41) is 0. The maximum atomic E-state index is 4.63. The number of hydrogen-bond donors (Lipinski definition) is 0. The van der Waals surface area contributed by atoms with Crippen LogP contribution in [0.4, 0.5) is 0 Å². The van der Waals surface area contributed by atoms with E-state index in [9.17, 15) is 0 Å². The van der Waals surface area contributed by atoms with Crippen molar-refractivity contribution >= 4 is 11.0 Å². The van der Waals surface area contributed by atoms with E-state index in [0.717, 1.165) is 11.3 Å². The zero-order valence-electron chi connectivity index (χ0n) is 9.33. The van der Waals surface area contributed by atoms with Crippen LogP contribution in [0.3, 0.4) is 0 Å². The highest BCUT2D eigenvalue weighted by Crippen LogP contribution is 2.48. The minimum Gasteiger partial charge on any atom is -0.322 e. The second-order valence-corrected chi connectivity index (χ2v) is 4.56. The van der Waals surface area contributed by atoms with Crippen molar-refractivity contribution in [2.75, 3.05) is 0 Å². The average Bonchev–Trinajstić information content (AvgIpc) is 2.95. The number of nitrogens with zero attached hydrogens (tertiary/aromatic N) is 2. The first-order chi connectivity index (χ1) is 7.27. The van der Waals surface area contributed by atoms with Gasteiger partial charge in [-0.2, -0.15) is 0 Å². The van der Waals surface area contributed by atoms with Crippen molar-refractivity contribution in [1.29, 1.82) is 0 Å². The minimum absolute atomic E-state index is 0.389. The van der Waals surface area contributed by atoms with Crippen molar-refractivity contribution in [3.63, 3.8) is 0 Å². The number of aromatic nitrogens is 2. The highest BCUT2D eigenvalue weighted by atomic mass is 15.2. The lowest BCUT2D eigenvalue weighted by atomic mass is 10.2. The van der Waals surface area contributed by atoms with Gasteiger partial charge in [0.25, 0.3) is 0 Å². The fraction of sp³-hybridized carbons (Fsp3) is 0.462. The largest absolute Gasteiger partial charge is 0.322 e. The van der Waals surface area contributed by atoms with Gasteiger partial charge < -0.3 is 4.57 Å². The van der Waals surface area contributed by atoms with Crippen molar-refractivity contribution in [2.24, 2.45) is 0 Å². The molecule has 15 heavy (non-hydrogen) atoms. The number of rotatable bonds is 2. The molecule has 2 aromatic rings. The number of fused-ring (bicyclic) bond motifs is 1. The fourth-order valence-electron chi connectivity index (χ4n) is 2.62. The van der Waals surface area contributed by atoms with Crippen molar-refractivity contribution < 1.29 is 0 Å². The Morgan fingerprint density at radius 3 is 2.73 bits per heavy atom. The zero-order chi connectivity index (χ0) is 10.5. The van der Waals surface area contributed by atoms with Gasteiger partial charge in [-0.05, 0) is 38.3 Å². The molecule has 0 spiro atoms.